The topological polar surface area (TPSA) is 80.2 Å². The zero-order valence-corrected chi connectivity index (χ0v) is 20.8. The highest BCUT2D eigenvalue weighted by Crippen LogP contribution is 2.44. The Kier molecular flexibility index (Phi) is 5.00. The van der Waals surface area contributed by atoms with Gasteiger partial charge < -0.3 is 14.6 Å². The van der Waals surface area contributed by atoms with Gasteiger partial charge in [0.2, 0.25) is 0 Å². The highest BCUT2D eigenvalue weighted by molar-refractivity contribution is 6.07. The number of aromatic nitrogens is 3. The highest BCUT2D eigenvalue weighted by Gasteiger charge is 2.44. The van der Waals surface area contributed by atoms with Crippen molar-refractivity contribution >= 4 is 27.7 Å². The van der Waals surface area contributed by atoms with Crippen LogP contribution in [0.3, 0.4) is 0 Å². The van der Waals surface area contributed by atoms with E-state index in [1.807, 2.05) is 28.6 Å². The second kappa shape index (κ2) is 8.17. The molecule has 7 heteroatoms. The minimum Gasteiger partial charge on any atom is -0.366 e. The van der Waals surface area contributed by atoms with Crippen molar-refractivity contribution in [3.8, 4) is 0 Å². The van der Waals surface area contributed by atoms with E-state index >= 15 is 0 Å². The largest absolute Gasteiger partial charge is 0.366 e. The van der Waals surface area contributed by atoms with Crippen LogP contribution in [-0.2, 0) is 4.74 Å². The number of likely N-dealkylation sites (tertiary alicyclic amines) is 1. The third-order valence-electron chi connectivity index (χ3n) is 8.96. The van der Waals surface area contributed by atoms with Gasteiger partial charge in [-0.3, -0.25) is 14.3 Å². The van der Waals surface area contributed by atoms with Gasteiger partial charge in [-0.05, 0) is 74.3 Å². The SMILES string of the molecule is Cc1cc2[nH]c(=O)c3cnn(C4CCCC4)c3c2cc1C(=O)N1CCC2(CC1)OCC1=C2C=CCC1. The fraction of sp³-hybridized carbons (Fsp3) is 0.483. The Balaban J connectivity index is 1.23. The van der Waals surface area contributed by atoms with Crippen molar-refractivity contribution in [3.05, 3.63) is 63.1 Å². The number of hydrogen-bond acceptors (Lipinski definition) is 4. The van der Waals surface area contributed by atoms with Crippen LogP contribution in [0.15, 0.2) is 46.4 Å². The minimum absolute atomic E-state index is 0.0573. The van der Waals surface area contributed by atoms with Gasteiger partial charge in [0.1, 0.15) is 0 Å². The lowest BCUT2D eigenvalue weighted by molar-refractivity contribution is -0.0249. The average Bonchev–Trinajstić information content (AvgIpc) is 3.64. The molecule has 2 aliphatic carbocycles. The summed E-state index contributed by atoms with van der Waals surface area (Å²) in [6.07, 6.45) is 14.6. The molecular formula is C29H32N4O3. The molecule has 2 fully saturated rings. The molecule has 4 aliphatic rings. The molecular weight excluding hydrogens is 452 g/mol. The van der Waals surface area contributed by atoms with E-state index in [2.05, 4.69) is 22.2 Å². The number of nitrogens with zero attached hydrogens (tertiary/aromatic N) is 3. The van der Waals surface area contributed by atoms with Crippen molar-refractivity contribution in [2.75, 3.05) is 19.7 Å². The van der Waals surface area contributed by atoms with E-state index in [0.717, 1.165) is 67.1 Å². The number of fused-ring (bicyclic) bond motifs is 4. The minimum atomic E-state index is -0.221. The third-order valence-corrected chi connectivity index (χ3v) is 8.96. The Bertz CT molecular complexity index is 1510. The number of amides is 1. The maximum Gasteiger partial charge on any atom is 0.259 e. The standard InChI is InChI=1S/C29H32N4O3/c1-18-14-25-22(26-23(27(34)31-25)16-30-33(26)20-7-3-4-8-20)15-21(18)28(35)32-12-10-29(11-13-32)24-9-5-2-6-19(24)17-36-29/h5,9,14-16,20H,2-4,6-8,10-13,17H2,1H3,(H,31,34). The summed E-state index contributed by atoms with van der Waals surface area (Å²) < 4.78 is 8.39. The maximum absolute atomic E-state index is 13.8. The molecule has 0 atom stereocenters. The Labute approximate surface area is 209 Å². The smallest absolute Gasteiger partial charge is 0.259 e. The van der Waals surface area contributed by atoms with Crippen LogP contribution in [0.1, 0.15) is 73.3 Å². The predicted octanol–water partition coefficient (Wildman–Crippen LogP) is 4.95. The van der Waals surface area contributed by atoms with E-state index in [1.165, 1.54) is 24.0 Å². The summed E-state index contributed by atoms with van der Waals surface area (Å²) in [4.78, 5) is 31.6. The summed E-state index contributed by atoms with van der Waals surface area (Å²) >= 11 is 0. The van der Waals surface area contributed by atoms with Crippen LogP contribution in [-0.4, -0.2) is 50.9 Å². The number of hydrogen-bond donors (Lipinski definition) is 1. The van der Waals surface area contributed by atoms with Crippen molar-refractivity contribution in [3.63, 3.8) is 0 Å². The number of piperidine rings is 1. The zero-order chi connectivity index (χ0) is 24.4. The molecule has 1 aromatic carbocycles. The number of pyridine rings is 1. The molecule has 1 spiro atoms. The molecule has 0 bridgehead atoms. The lowest BCUT2D eigenvalue weighted by Crippen LogP contribution is -2.47. The monoisotopic (exact) mass is 484 g/mol. The van der Waals surface area contributed by atoms with E-state index in [4.69, 9.17) is 4.74 Å². The summed E-state index contributed by atoms with van der Waals surface area (Å²) in [7, 11) is 0. The fourth-order valence-electron chi connectivity index (χ4n) is 6.94. The quantitative estimate of drug-likeness (QED) is 0.558. The summed E-state index contributed by atoms with van der Waals surface area (Å²) in [5, 5.41) is 6.12. The maximum atomic E-state index is 13.8. The van der Waals surface area contributed by atoms with Crippen molar-refractivity contribution in [2.45, 2.75) is 69.9 Å². The van der Waals surface area contributed by atoms with Crippen molar-refractivity contribution < 1.29 is 9.53 Å². The molecule has 0 radical (unpaired) electrons. The number of ether oxygens (including phenoxy) is 1. The van der Waals surface area contributed by atoms with Gasteiger partial charge in [-0.1, -0.05) is 25.0 Å². The van der Waals surface area contributed by atoms with E-state index in [1.54, 1.807) is 6.20 Å². The first-order valence-electron chi connectivity index (χ1n) is 13.4. The van der Waals surface area contributed by atoms with Crippen LogP contribution < -0.4 is 5.56 Å². The molecule has 3 aromatic rings. The third kappa shape index (κ3) is 3.25. The molecule has 0 unspecified atom stereocenters. The molecule has 186 valence electrons. The number of benzene rings is 1. The first-order valence-corrected chi connectivity index (χ1v) is 13.4. The molecule has 1 saturated carbocycles. The van der Waals surface area contributed by atoms with Gasteiger partial charge in [-0.15, -0.1) is 0 Å². The Morgan fingerprint density at radius 2 is 1.97 bits per heavy atom. The summed E-state index contributed by atoms with van der Waals surface area (Å²) in [5.74, 6) is 0.0573. The van der Waals surface area contributed by atoms with E-state index in [-0.39, 0.29) is 17.1 Å². The highest BCUT2D eigenvalue weighted by atomic mass is 16.5. The molecule has 1 N–H and O–H groups in total. The zero-order valence-electron chi connectivity index (χ0n) is 20.8. The molecule has 2 aliphatic heterocycles. The van der Waals surface area contributed by atoms with Crippen LogP contribution in [0.4, 0.5) is 0 Å². The van der Waals surface area contributed by atoms with Crippen LogP contribution in [0.25, 0.3) is 21.8 Å². The number of nitrogens with one attached hydrogen (secondary N) is 1. The molecule has 7 rings (SSSR count). The van der Waals surface area contributed by atoms with Crippen molar-refractivity contribution in [1.82, 2.24) is 19.7 Å². The summed E-state index contributed by atoms with van der Waals surface area (Å²) in [6, 6.07) is 4.25. The van der Waals surface area contributed by atoms with Gasteiger partial charge in [0.05, 0.1) is 40.9 Å². The van der Waals surface area contributed by atoms with Gasteiger partial charge in [0, 0.05) is 24.0 Å². The van der Waals surface area contributed by atoms with Gasteiger partial charge in [-0.25, -0.2) is 0 Å². The Hall–Kier alpha value is -3.19. The van der Waals surface area contributed by atoms with E-state index in [0.29, 0.717) is 30.1 Å². The number of H-pyrrole nitrogens is 1. The van der Waals surface area contributed by atoms with Gasteiger partial charge in [0.25, 0.3) is 11.5 Å². The number of aryl methyl sites for hydroxylation is 1. The number of carbonyl (C=O) groups is 1. The summed E-state index contributed by atoms with van der Waals surface area (Å²) in [5.41, 5.74) is 5.68. The van der Waals surface area contributed by atoms with Gasteiger partial charge in [0.15, 0.2) is 0 Å². The fourth-order valence-corrected chi connectivity index (χ4v) is 6.94. The van der Waals surface area contributed by atoms with Gasteiger partial charge >= 0.3 is 0 Å². The average molecular weight is 485 g/mol. The van der Waals surface area contributed by atoms with Crippen molar-refractivity contribution in [2.24, 2.45) is 0 Å². The van der Waals surface area contributed by atoms with Gasteiger partial charge in [-0.2, -0.15) is 5.10 Å². The molecule has 1 saturated heterocycles. The Morgan fingerprint density at radius 3 is 2.78 bits per heavy atom. The van der Waals surface area contributed by atoms with Crippen LogP contribution in [0.2, 0.25) is 0 Å². The van der Waals surface area contributed by atoms with Crippen LogP contribution in [0, 0.1) is 6.92 Å². The van der Waals surface area contributed by atoms with E-state index < -0.39 is 0 Å². The predicted molar refractivity (Wildman–Crippen MR) is 139 cm³/mol. The normalized spacial score (nSPS) is 21.9. The first kappa shape index (κ1) is 22.0. The molecule has 2 aromatic heterocycles. The lowest BCUT2D eigenvalue weighted by atomic mass is 9.80. The van der Waals surface area contributed by atoms with Crippen molar-refractivity contribution in [1.29, 1.82) is 0 Å². The number of carbonyl (C=O) groups excluding carboxylic acids is 1. The molecule has 1 amide bonds. The van der Waals surface area contributed by atoms with Crippen LogP contribution >= 0.6 is 0 Å². The number of aromatic amines is 1. The molecule has 4 heterocycles. The second-order valence-corrected chi connectivity index (χ2v) is 11.0. The first-order chi connectivity index (χ1) is 17.5. The Morgan fingerprint density at radius 1 is 1.17 bits per heavy atom. The lowest BCUT2D eigenvalue weighted by Gasteiger charge is -2.40. The molecule has 7 nitrogen and oxygen atoms in total. The second-order valence-electron chi connectivity index (χ2n) is 11.0. The van der Waals surface area contributed by atoms with E-state index in [9.17, 15) is 9.59 Å². The number of allylic oxidation sites excluding steroid dienone is 1. The van der Waals surface area contributed by atoms with Crippen LogP contribution in [0.5, 0.6) is 0 Å². The molecule has 36 heavy (non-hydrogen) atoms. The summed E-state index contributed by atoms with van der Waals surface area (Å²) in [6.45, 7) is 4.06. The number of rotatable bonds is 2.